The minimum atomic E-state index is -3.82. The molecule has 0 bridgehead atoms. The second-order valence-corrected chi connectivity index (χ2v) is 8.82. The molecule has 1 aromatic rings. The first-order chi connectivity index (χ1) is 13.7. The van der Waals surface area contributed by atoms with Gasteiger partial charge in [0.2, 0.25) is 5.91 Å². The number of nitrogens with two attached hydrogens (primary N) is 1. The van der Waals surface area contributed by atoms with Gasteiger partial charge in [0.25, 0.3) is 10.0 Å². The lowest BCUT2D eigenvalue weighted by atomic mass is 9.98. The number of amidine groups is 1. The molecule has 0 saturated carbocycles. The fourth-order valence-corrected chi connectivity index (χ4v) is 4.12. The van der Waals surface area contributed by atoms with Crippen molar-refractivity contribution in [2.24, 2.45) is 16.6 Å². The number of urea groups is 1. The molecule has 29 heavy (non-hydrogen) atoms. The number of hydrogen-bond acceptors (Lipinski definition) is 5. The Morgan fingerprint density at radius 2 is 2.00 bits per heavy atom. The van der Waals surface area contributed by atoms with Crippen molar-refractivity contribution in [3.8, 4) is 0 Å². The average molecular weight is 424 g/mol. The lowest BCUT2D eigenvalue weighted by Crippen LogP contribution is -2.49. The molecule has 1 heterocycles. The number of hydrogen-bond donors (Lipinski definition) is 4. The van der Waals surface area contributed by atoms with Crippen molar-refractivity contribution in [3.63, 3.8) is 0 Å². The average Bonchev–Trinajstić information content (AvgIpc) is 2.93. The van der Waals surface area contributed by atoms with Crippen molar-refractivity contribution in [2.45, 2.75) is 56.9 Å². The molecular weight excluding hydrogens is 394 g/mol. The van der Waals surface area contributed by atoms with E-state index in [0.29, 0.717) is 30.9 Å². The van der Waals surface area contributed by atoms with Crippen LogP contribution in [0, 0.1) is 5.92 Å². The molecule has 10 heteroatoms. The van der Waals surface area contributed by atoms with Gasteiger partial charge in [-0.15, -0.1) is 0 Å². The number of aliphatic imine (C=N–C) groups is 1. The Bertz CT molecular complexity index is 869. The lowest BCUT2D eigenvalue weighted by Gasteiger charge is -2.22. The Morgan fingerprint density at radius 1 is 1.24 bits per heavy atom. The molecular formula is C19H29N5O4S. The third-order valence-corrected chi connectivity index (χ3v) is 6.21. The van der Waals surface area contributed by atoms with Crippen LogP contribution in [-0.2, 0) is 14.8 Å². The fraction of sp³-hybridized carbons (Fsp3) is 0.526. The second kappa shape index (κ2) is 10.2. The van der Waals surface area contributed by atoms with Crippen molar-refractivity contribution in [1.29, 1.82) is 0 Å². The highest BCUT2D eigenvalue weighted by Gasteiger charge is 2.26. The molecule has 1 aliphatic heterocycles. The van der Waals surface area contributed by atoms with E-state index in [9.17, 15) is 18.0 Å². The summed E-state index contributed by atoms with van der Waals surface area (Å²) in [7, 11) is -3.82. The second-order valence-electron chi connectivity index (χ2n) is 7.13. The van der Waals surface area contributed by atoms with E-state index in [-0.39, 0.29) is 10.8 Å². The topological polar surface area (TPSA) is 143 Å². The molecule has 9 nitrogen and oxygen atoms in total. The van der Waals surface area contributed by atoms with Gasteiger partial charge in [-0.2, -0.15) is 0 Å². The van der Waals surface area contributed by atoms with Gasteiger partial charge < -0.3 is 16.4 Å². The zero-order chi connectivity index (χ0) is 21.4. The summed E-state index contributed by atoms with van der Waals surface area (Å²) in [4.78, 5) is 28.1. The molecule has 2 rings (SSSR count). The highest BCUT2D eigenvalue weighted by atomic mass is 32.2. The molecule has 0 radical (unpaired) electrons. The highest BCUT2D eigenvalue weighted by molar-refractivity contribution is 7.90. The Hall–Kier alpha value is -2.62. The van der Waals surface area contributed by atoms with E-state index in [0.717, 1.165) is 19.3 Å². The van der Waals surface area contributed by atoms with Crippen LogP contribution in [0.4, 0.5) is 10.5 Å². The van der Waals surface area contributed by atoms with Crippen LogP contribution in [0.2, 0.25) is 0 Å². The van der Waals surface area contributed by atoms with Crippen molar-refractivity contribution in [3.05, 3.63) is 24.3 Å². The molecule has 5 N–H and O–H groups in total. The Labute approximate surface area is 171 Å². The summed E-state index contributed by atoms with van der Waals surface area (Å²) in [5.74, 6) is -0.155. The quantitative estimate of drug-likeness (QED) is 0.531. The third-order valence-electron chi connectivity index (χ3n) is 4.83. The van der Waals surface area contributed by atoms with E-state index >= 15 is 0 Å². The predicted molar refractivity (Wildman–Crippen MR) is 112 cm³/mol. The minimum Gasteiger partial charge on any atom is -0.352 e. The van der Waals surface area contributed by atoms with Crippen LogP contribution in [-0.4, -0.2) is 38.8 Å². The lowest BCUT2D eigenvalue weighted by molar-refractivity contribution is -0.119. The number of carbonyl (C=O) groups is 2. The molecule has 160 valence electrons. The summed E-state index contributed by atoms with van der Waals surface area (Å²) in [6, 6.07) is 4.32. The van der Waals surface area contributed by atoms with E-state index in [4.69, 9.17) is 5.73 Å². The number of amides is 3. The van der Waals surface area contributed by atoms with Gasteiger partial charge in [0.1, 0.15) is 11.9 Å². The zero-order valence-electron chi connectivity index (χ0n) is 16.8. The van der Waals surface area contributed by atoms with Crippen LogP contribution in [0.5, 0.6) is 0 Å². The summed E-state index contributed by atoms with van der Waals surface area (Å²) in [6.45, 7) is 4.32. The number of anilines is 1. The Kier molecular flexibility index (Phi) is 8.00. The number of benzene rings is 1. The molecule has 1 aliphatic rings. The van der Waals surface area contributed by atoms with Crippen molar-refractivity contribution in [2.75, 3.05) is 11.9 Å². The molecule has 0 fully saturated rings. The van der Waals surface area contributed by atoms with Gasteiger partial charge >= 0.3 is 6.03 Å². The number of primary amides is 1. The third kappa shape index (κ3) is 6.74. The number of nitrogens with one attached hydrogen (secondary N) is 3. The van der Waals surface area contributed by atoms with Crippen LogP contribution in [0.15, 0.2) is 34.2 Å². The van der Waals surface area contributed by atoms with E-state index < -0.39 is 28.0 Å². The molecule has 1 aromatic carbocycles. The monoisotopic (exact) mass is 423 g/mol. The molecule has 0 aliphatic carbocycles. The van der Waals surface area contributed by atoms with Gasteiger partial charge in [-0.05, 0) is 37.0 Å². The first kappa shape index (κ1) is 22.7. The zero-order valence-corrected chi connectivity index (χ0v) is 17.6. The van der Waals surface area contributed by atoms with Crippen LogP contribution in [0.1, 0.15) is 46.0 Å². The van der Waals surface area contributed by atoms with Crippen molar-refractivity contribution in [1.82, 2.24) is 10.0 Å². The van der Waals surface area contributed by atoms with Crippen molar-refractivity contribution >= 4 is 33.5 Å². The summed E-state index contributed by atoms with van der Waals surface area (Å²) in [5, 5.41) is 5.09. The molecule has 2 atom stereocenters. The smallest absolute Gasteiger partial charge is 0.312 e. The number of sulfonamides is 1. The maximum absolute atomic E-state index is 12.7. The van der Waals surface area contributed by atoms with Gasteiger partial charge in [-0.25, -0.2) is 13.2 Å². The number of carbonyl (C=O) groups excluding carboxylic acids is 2. The van der Waals surface area contributed by atoms with E-state index in [1.165, 1.54) is 12.1 Å². The Morgan fingerprint density at radius 3 is 2.69 bits per heavy atom. The van der Waals surface area contributed by atoms with E-state index in [1.807, 2.05) is 13.8 Å². The summed E-state index contributed by atoms with van der Waals surface area (Å²) in [5.41, 5.74) is 5.48. The number of rotatable bonds is 7. The van der Waals surface area contributed by atoms with Crippen LogP contribution < -0.4 is 21.1 Å². The standard InChI is InChI=1S/C19H29N5O4S/c1-3-13(2)17(23-19(20)26)18(25)22-14-8-7-9-15(12-14)29(27,28)24-16-10-5-4-6-11-21-16/h7-9,12-13,17H,3-6,10-11H2,1-2H3,(H,21,24)(H,22,25)(H3,20,23,26)/t13-,17-/m0/s1. The SMILES string of the molecule is CC[C@H](C)[C@H](NC(N)=O)C(=O)Nc1cccc(S(=O)(=O)NC2=NCCCCC2)c1. The molecule has 0 spiro atoms. The molecule has 0 unspecified atom stereocenters. The number of nitrogens with zero attached hydrogens (tertiary/aromatic N) is 1. The first-order valence-electron chi connectivity index (χ1n) is 9.76. The summed E-state index contributed by atoms with van der Waals surface area (Å²) in [6.07, 6.45) is 4.10. The molecule has 0 aromatic heterocycles. The fourth-order valence-electron chi connectivity index (χ4n) is 2.99. The van der Waals surface area contributed by atoms with E-state index in [2.05, 4.69) is 20.3 Å². The van der Waals surface area contributed by atoms with Gasteiger partial charge in [-0.3, -0.25) is 14.5 Å². The van der Waals surface area contributed by atoms with Gasteiger partial charge in [0.05, 0.1) is 4.90 Å². The first-order valence-corrected chi connectivity index (χ1v) is 11.2. The van der Waals surface area contributed by atoms with Crippen LogP contribution in [0.25, 0.3) is 0 Å². The maximum Gasteiger partial charge on any atom is 0.312 e. The Balaban J connectivity index is 2.16. The van der Waals surface area contributed by atoms with E-state index in [1.54, 1.807) is 12.1 Å². The highest BCUT2D eigenvalue weighted by Crippen LogP contribution is 2.18. The van der Waals surface area contributed by atoms with Gasteiger partial charge in [0.15, 0.2) is 0 Å². The van der Waals surface area contributed by atoms with Crippen LogP contribution >= 0.6 is 0 Å². The minimum absolute atomic E-state index is 0.0187. The van der Waals surface area contributed by atoms with Crippen LogP contribution in [0.3, 0.4) is 0 Å². The van der Waals surface area contributed by atoms with Gasteiger partial charge in [0, 0.05) is 18.7 Å². The summed E-state index contributed by atoms with van der Waals surface area (Å²) >= 11 is 0. The molecule has 0 saturated heterocycles. The largest absolute Gasteiger partial charge is 0.352 e. The summed E-state index contributed by atoms with van der Waals surface area (Å²) < 4.78 is 28.0. The normalized spacial score (nSPS) is 16.7. The van der Waals surface area contributed by atoms with Crippen molar-refractivity contribution < 1.29 is 18.0 Å². The molecule has 3 amide bonds. The predicted octanol–water partition coefficient (Wildman–Crippen LogP) is 1.96. The maximum atomic E-state index is 12.7. The van der Waals surface area contributed by atoms with Gasteiger partial charge in [-0.1, -0.05) is 32.8 Å².